The molecule has 0 N–H and O–H groups in total. The van der Waals surface area contributed by atoms with Gasteiger partial charge in [0.2, 0.25) is 0 Å². The fourth-order valence-electron chi connectivity index (χ4n) is 2.36. The van der Waals surface area contributed by atoms with Gasteiger partial charge in [0.25, 0.3) is 0 Å². The standard InChI is InChI=1S/C18H24O4SSi/c1-14-10-12-16(13-11-14)23(19,20)21-18-9-7-6-8-17(18)15(2)22-24(3,4)5/h6-13,15H,1-5H3. The molecule has 1 atom stereocenters. The molecule has 0 aliphatic rings. The van der Waals surface area contributed by atoms with Crippen molar-refractivity contribution in [3.8, 4) is 5.75 Å². The predicted octanol–water partition coefficient (Wildman–Crippen LogP) is 4.68. The summed E-state index contributed by atoms with van der Waals surface area (Å²) in [6.45, 7) is 10.1. The van der Waals surface area contributed by atoms with Crippen LogP contribution in [-0.2, 0) is 14.5 Å². The first-order valence-corrected chi connectivity index (χ1v) is 12.7. The average Bonchev–Trinajstić information content (AvgIpc) is 2.46. The van der Waals surface area contributed by atoms with Gasteiger partial charge in [-0.25, -0.2) is 0 Å². The summed E-state index contributed by atoms with van der Waals surface area (Å²) in [7, 11) is -5.63. The van der Waals surface area contributed by atoms with Crippen LogP contribution in [0.5, 0.6) is 5.75 Å². The van der Waals surface area contributed by atoms with Crippen LogP contribution < -0.4 is 4.18 Å². The second-order valence-corrected chi connectivity index (χ2v) is 12.8. The van der Waals surface area contributed by atoms with E-state index >= 15 is 0 Å². The number of aryl methyl sites for hydroxylation is 1. The predicted molar refractivity (Wildman–Crippen MR) is 98.3 cm³/mol. The third-order valence-corrected chi connectivity index (χ3v) is 5.71. The first-order chi connectivity index (χ1) is 11.1. The molecular formula is C18H24O4SSi. The molecule has 2 aromatic rings. The van der Waals surface area contributed by atoms with E-state index in [1.807, 2.05) is 26.0 Å². The number of hydrogen-bond acceptors (Lipinski definition) is 4. The molecule has 0 bridgehead atoms. The molecule has 130 valence electrons. The van der Waals surface area contributed by atoms with Crippen LogP contribution in [0, 0.1) is 6.92 Å². The van der Waals surface area contributed by atoms with E-state index in [4.69, 9.17) is 8.61 Å². The molecule has 0 aromatic heterocycles. The van der Waals surface area contributed by atoms with Gasteiger partial charge in [-0.2, -0.15) is 8.42 Å². The Morgan fingerprint density at radius 3 is 2.12 bits per heavy atom. The number of hydrogen-bond donors (Lipinski definition) is 0. The van der Waals surface area contributed by atoms with E-state index in [0.29, 0.717) is 5.75 Å². The molecule has 0 aliphatic heterocycles. The Morgan fingerprint density at radius 1 is 0.958 bits per heavy atom. The van der Waals surface area contributed by atoms with Crippen molar-refractivity contribution in [1.29, 1.82) is 0 Å². The summed E-state index contributed by atoms with van der Waals surface area (Å²) in [5.41, 5.74) is 1.72. The lowest BCUT2D eigenvalue weighted by molar-refractivity contribution is 0.216. The van der Waals surface area contributed by atoms with Crippen molar-refractivity contribution in [2.75, 3.05) is 0 Å². The molecule has 6 heteroatoms. The smallest absolute Gasteiger partial charge is 0.339 e. The van der Waals surface area contributed by atoms with Crippen LogP contribution in [0.1, 0.15) is 24.2 Å². The van der Waals surface area contributed by atoms with Gasteiger partial charge in [0.15, 0.2) is 8.32 Å². The normalized spacial score (nSPS) is 13.5. The van der Waals surface area contributed by atoms with Crippen molar-refractivity contribution < 1.29 is 17.0 Å². The SMILES string of the molecule is Cc1ccc(S(=O)(=O)Oc2ccccc2C(C)O[Si](C)(C)C)cc1. The van der Waals surface area contributed by atoms with E-state index in [1.165, 1.54) is 0 Å². The zero-order valence-corrected chi connectivity index (χ0v) is 16.6. The summed E-state index contributed by atoms with van der Waals surface area (Å²) < 4.78 is 36.5. The average molecular weight is 365 g/mol. The Hall–Kier alpha value is -1.63. The molecule has 0 radical (unpaired) electrons. The van der Waals surface area contributed by atoms with Gasteiger partial charge < -0.3 is 8.61 Å². The minimum absolute atomic E-state index is 0.140. The molecule has 2 rings (SSSR count). The maximum atomic E-state index is 12.5. The lowest BCUT2D eigenvalue weighted by Gasteiger charge is -2.25. The lowest BCUT2D eigenvalue weighted by atomic mass is 10.1. The van der Waals surface area contributed by atoms with Gasteiger partial charge in [-0.1, -0.05) is 35.9 Å². The van der Waals surface area contributed by atoms with Crippen molar-refractivity contribution in [3.63, 3.8) is 0 Å². The Balaban J connectivity index is 2.31. The van der Waals surface area contributed by atoms with E-state index in [-0.39, 0.29) is 11.0 Å². The van der Waals surface area contributed by atoms with Crippen LogP contribution >= 0.6 is 0 Å². The number of rotatable bonds is 6. The molecule has 0 saturated carbocycles. The summed E-state index contributed by atoms with van der Waals surface area (Å²) in [6, 6.07) is 13.7. The largest absolute Gasteiger partial charge is 0.411 e. The zero-order valence-electron chi connectivity index (χ0n) is 14.7. The molecule has 1 unspecified atom stereocenters. The van der Waals surface area contributed by atoms with Gasteiger partial charge in [0.1, 0.15) is 10.6 Å². The highest BCUT2D eigenvalue weighted by molar-refractivity contribution is 7.87. The summed E-state index contributed by atoms with van der Waals surface area (Å²) in [4.78, 5) is 0.140. The third kappa shape index (κ3) is 4.93. The Labute approximate surface area is 145 Å². The molecule has 2 aromatic carbocycles. The summed E-state index contributed by atoms with van der Waals surface area (Å²) >= 11 is 0. The molecule has 24 heavy (non-hydrogen) atoms. The van der Waals surface area contributed by atoms with Crippen molar-refractivity contribution in [2.45, 2.75) is 44.5 Å². The highest BCUT2D eigenvalue weighted by atomic mass is 32.2. The summed E-state index contributed by atoms with van der Waals surface area (Å²) in [5, 5.41) is 0. The molecule has 0 aliphatic carbocycles. The van der Waals surface area contributed by atoms with E-state index in [9.17, 15) is 8.42 Å². The van der Waals surface area contributed by atoms with Gasteiger partial charge in [-0.05, 0) is 51.7 Å². The van der Waals surface area contributed by atoms with Crippen LogP contribution in [0.15, 0.2) is 53.4 Å². The molecule has 0 spiro atoms. The van der Waals surface area contributed by atoms with Crippen molar-refractivity contribution in [3.05, 3.63) is 59.7 Å². The van der Waals surface area contributed by atoms with Gasteiger partial charge >= 0.3 is 10.1 Å². The lowest BCUT2D eigenvalue weighted by Crippen LogP contribution is -2.27. The summed E-state index contributed by atoms with van der Waals surface area (Å²) in [5.74, 6) is 0.309. The monoisotopic (exact) mass is 364 g/mol. The van der Waals surface area contributed by atoms with E-state index in [2.05, 4.69) is 19.6 Å². The molecular weight excluding hydrogens is 340 g/mol. The minimum atomic E-state index is -3.87. The van der Waals surface area contributed by atoms with Gasteiger partial charge in [0.05, 0.1) is 6.10 Å². The van der Waals surface area contributed by atoms with Crippen LogP contribution in [0.25, 0.3) is 0 Å². The highest BCUT2D eigenvalue weighted by Gasteiger charge is 2.24. The second-order valence-electron chi connectivity index (χ2n) is 6.76. The second kappa shape index (κ2) is 7.09. The van der Waals surface area contributed by atoms with Gasteiger partial charge in [0, 0.05) is 5.56 Å². The molecule has 0 heterocycles. The maximum Gasteiger partial charge on any atom is 0.339 e. The first-order valence-electron chi connectivity index (χ1n) is 7.86. The Morgan fingerprint density at radius 2 is 1.54 bits per heavy atom. The Kier molecular flexibility index (Phi) is 5.52. The van der Waals surface area contributed by atoms with Gasteiger partial charge in [-0.15, -0.1) is 0 Å². The zero-order chi connectivity index (χ0) is 18.0. The van der Waals surface area contributed by atoms with E-state index in [1.54, 1.807) is 36.4 Å². The fourth-order valence-corrected chi connectivity index (χ4v) is 4.50. The highest BCUT2D eigenvalue weighted by Crippen LogP contribution is 2.31. The summed E-state index contributed by atoms with van der Waals surface area (Å²) in [6.07, 6.45) is -0.235. The molecule has 4 nitrogen and oxygen atoms in total. The number of benzene rings is 2. The fraction of sp³-hybridized carbons (Fsp3) is 0.333. The van der Waals surface area contributed by atoms with E-state index < -0.39 is 18.4 Å². The number of para-hydroxylation sites is 1. The third-order valence-electron chi connectivity index (χ3n) is 3.40. The van der Waals surface area contributed by atoms with Crippen molar-refractivity contribution in [1.82, 2.24) is 0 Å². The maximum absolute atomic E-state index is 12.5. The van der Waals surface area contributed by atoms with Crippen molar-refractivity contribution >= 4 is 18.4 Å². The van der Waals surface area contributed by atoms with Crippen LogP contribution in [-0.4, -0.2) is 16.7 Å². The van der Waals surface area contributed by atoms with Crippen LogP contribution in [0.4, 0.5) is 0 Å². The first kappa shape index (κ1) is 18.7. The van der Waals surface area contributed by atoms with Gasteiger partial charge in [-0.3, -0.25) is 0 Å². The van der Waals surface area contributed by atoms with Crippen LogP contribution in [0.2, 0.25) is 19.6 Å². The van der Waals surface area contributed by atoms with Crippen LogP contribution in [0.3, 0.4) is 0 Å². The minimum Gasteiger partial charge on any atom is -0.411 e. The Bertz CT molecular complexity index is 793. The topological polar surface area (TPSA) is 52.6 Å². The van der Waals surface area contributed by atoms with Crippen molar-refractivity contribution in [2.24, 2.45) is 0 Å². The quantitative estimate of drug-likeness (QED) is 0.552. The van der Waals surface area contributed by atoms with E-state index in [0.717, 1.165) is 11.1 Å². The molecule has 0 fully saturated rings. The molecule has 0 saturated heterocycles. The molecule has 0 amide bonds.